The Morgan fingerprint density at radius 2 is 2.05 bits per heavy atom. The summed E-state index contributed by atoms with van der Waals surface area (Å²) < 4.78 is 26.3. The van der Waals surface area contributed by atoms with Crippen molar-refractivity contribution in [3.63, 3.8) is 0 Å². The van der Waals surface area contributed by atoms with E-state index in [0.717, 1.165) is 17.3 Å². The SMILES string of the molecule is Cc1nc(Cc2ccc(F)cc2F)ncc1[C@@H](C)N. The fraction of sp³-hybridized carbons (Fsp3) is 0.286. The van der Waals surface area contributed by atoms with Gasteiger partial charge in [0, 0.05) is 36.0 Å². The van der Waals surface area contributed by atoms with Crippen molar-refractivity contribution in [2.45, 2.75) is 26.3 Å². The average Bonchev–Trinajstić information content (AvgIpc) is 2.32. The summed E-state index contributed by atoms with van der Waals surface area (Å²) in [6.07, 6.45) is 1.88. The van der Waals surface area contributed by atoms with Crippen molar-refractivity contribution in [1.82, 2.24) is 9.97 Å². The molecule has 0 aliphatic heterocycles. The van der Waals surface area contributed by atoms with E-state index in [4.69, 9.17) is 5.73 Å². The third kappa shape index (κ3) is 3.12. The molecule has 0 fully saturated rings. The molecule has 0 amide bonds. The van der Waals surface area contributed by atoms with E-state index in [1.54, 1.807) is 6.20 Å². The molecule has 0 aliphatic carbocycles. The summed E-state index contributed by atoms with van der Waals surface area (Å²) in [4.78, 5) is 8.47. The van der Waals surface area contributed by atoms with Crippen molar-refractivity contribution in [3.05, 3.63) is 58.7 Å². The van der Waals surface area contributed by atoms with Gasteiger partial charge in [-0.25, -0.2) is 18.7 Å². The maximum atomic E-state index is 13.5. The number of nitrogens with two attached hydrogens (primary N) is 1. The molecule has 0 bridgehead atoms. The van der Waals surface area contributed by atoms with Gasteiger partial charge in [0.15, 0.2) is 0 Å². The van der Waals surface area contributed by atoms with Crippen molar-refractivity contribution >= 4 is 0 Å². The Morgan fingerprint density at radius 1 is 1.32 bits per heavy atom. The van der Waals surface area contributed by atoms with Gasteiger partial charge in [0.05, 0.1) is 0 Å². The molecular weight excluding hydrogens is 248 g/mol. The summed E-state index contributed by atoms with van der Waals surface area (Å²) in [6, 6.07) is 3.35. The average molecular weight is 263 g/mol. The van der Waals surface area contributed by atoms with Gasteiger partial charge in [0.2, 0.25) is 0 Å². The van der Waals surface area contributed by atoms with E-state index < -0.39 is 11.6 Å². The molecule has 1 aromatic heterocycles. The first-order chi connectivity index (χ1) is 8.97. The van der Waals surface area contributed by atoms with Crippen LogP contribution in [0.3, 0.4) is 0 Å². The van der Waals surface area contributed by atoms with Crippen LogP contribution < -0.4 is 5.73 Å². The minimum Gasteiger partial charge on any atom is -0.324 e. The zero-order valence-electron chi connectivity index (χ0n) is 10.8. The zero-order valence-corrected chi connectivity index (χ0v) is 10.8. The van der Waals surface area contributed by atoms with Crippen LogP contribution in [0.4, 0.5) is 8.78 Å². The Kier molecular flexibility index (Phi) is 3.85. The van der Waals surface area contributed by atoms with Gasteiger partial charge < -0.3 is 5.73 Å². The van der Waals surface area contributed by atoms with Gasteiger partial charge >= 0.3 is 0 Å². The summed E-state index contributed by atoms with van der Waals surface area (Å²) in [5.41, 5.74) is 7.79. The number of aryl methyl sites for hydroxylation is 1. The summed E-state index contributed by atoms with van der Waals surface area (Å²) in [7, 11) is 0. The number of hydrogen-bond acceptors (Lipinski definition) is 3. The molecule has 1 atom stereocenters. The van der Waals surface area contributed by atoms with Crippen LogP contribution in [0.2, 0.25) is 0 Å². The lowest BCUT2D eigenvalue weighted by Crippen LogP contribution is -2.10. The maximum Gasteiger partial charge on any atom is 0.133 e. The summed E-state index contributed by atoms with van der Waals surface area (Å²) in [6.45, 7) is 3.69. The fourth-order valence-corrected chi connectivity index (χ4v) is 1.89. The maximum absolute atomic E-state index is 13.5. The first kappa shape index (κ1) is 13.5. The van der Waals surface area contributed by atoms with Gasteiger partial charge in [0.1, 0.15) is 17.5 Å². The van der Waals surface area contributed by atoms with E-state index in [1.807, 2.05) is 13.8 Å². The monoisotopic (exact) mass is 263 g/mol. The van der Waals surface area contributed by atoms with E-state index in [0.29, 0.717) is 11.4 Å². The molecule has 2 rings (SSSR count). The minimum absolute atomic E-state index is 0.142. The lowest BCUT2D eigenvalue weighted by molar-refractivity contribution is 0.573. The fourth-order valence-electron chi connectivity index (χ4n) is 1.89. The normalized spacial score (nSPS) is 12.5. The molecule has 0 unspecified atom stereocenters. The molecule has 1 heterocycles. The van der Waals surface area contributed by atoms with E-state index in [2.05, 4.69) is 9.97 Å². The molecule has 0 aliphatic rings. The molecule has 0 saturated carbocycles. The van der Waals surface area contributed by atoms with E-state index in [1.165, 1.54) is 12.1 Å². The Morgan fingerprint density at radius 3 is 2.63 bits per heavy atom. The number of aromatic nitrogens is 2. The highest BCUT2D eigenvalue weighted by molar-refractivity contribution is 5.24. The van der Waals surface area contributed by atoms with Crippen LogP contribution in [0, 0.1) is 18.6 Å². The summed E-state index contributed by atoms with van der Waals surface area (Å²) in [5.74, 6) is -0.685. The lowest BCUT2D eigenvalue weighted by Gasteiger charge is -2.10. The smallest absolute Gasteiger partial charge is 0.133 e. The molecule has 0 radical (unpaired) electrons. The standard InChI is InChI=1S/C14H15F2N3/c1-8(17)12-7-18-14(19-9(12)2)5-10-3-4-11(15)6-13(10)16/h3-4,6-8H,5,17H2,1-2H3/t8-/m1/s1. The highest BCUT2D eigenvalue weighted by atomic mass is 19.1. The third-order valence-corrected chi connectivity index (χ3v) is 2.92. The van der Waals surface area contributed by atoms with Gasteiger partial charge in [-0.3, -0.25) is 0 Å². The van der Waals surface area contributed by atoms with Crippen molar-refractivity contribution < 1.29 is 8.78 Å². The van der Waals surface area contributed by atoms with Crippen LogP contribution in [0.1, 0.15) is 35.6 Å². The zero-order chi connectivity index (χ0) is 14.0. The molecule has 1 aromatic carbocycles. The van der Waals surface area contributed by atoms with E-state index in [9.17, 15) is 8.78 Å². The first-order valence-corrected chi connectivity index (χ1v) is 5.99. The second-order valence-electron chi connectivity index (χ2n) is 4.53. The van der Waals surface area contributed by atoms with Crippen molar-refractivity contribution in [3.8, 4) is 0 Å². The van der Waals surface area contributed by atoms with Gasteiger partial charge in [-0.05, 0) is 25.5 Å². The number of benzene rings is 1. The van der Waals surface area contributed by atoms with Gasteiger partial charge in [-0.15, -0.1) is 0 Å². The molecule has 2 aromatic rings. The molecule has 19 heavy (non-hydrogen) atoms. The molecule has 3 nitrogen and oxygen atoms in total. The van der Waals surface area contributed by atoms with E-state index in [-0.39, 0.29) is 12.5 Å². The number of rotatable bonds is 3. The van der Waals surface area contributed by atoms with Crippen LogP contribution in [0.15, 0.2) is 24.4 Å². The summed E-state index contributed by atoms with van der Waals surface area (Å²) >= 11 is 0. The quantitative estimate of drug-likeness (QED) is 0.926. The van der Waals surface area contributed by atoms with Gasteiger partial charge in [-0.1, -0.05) is 6.07 Å². The number of nitrogens with zero attached hydrogens (tertiary/aromatic N) is 2. The molecule has 0 spiro atoms. The second-order valence-corrected chi connectivity index (χ2v) is 4.53. The third-order valence-electron chi connectivity index (χ3n) is 2.92. The minimum atomic E-state index is -0.592. The van der Waals surface area contributed by atoms with Crippen LogP contribution >= 0.6 is 0 Å². The van der Waals surface area contributed by atoms with Gasteiger partial charge in [0.25, 0.3) is 0 Å². The summed E-state index contributed by atoms with van der Waals surface area (Å²) in [5, 5.41) is 0. The van der Waals surface area contributed by atoms with Gasteiger partial charge in [-0.2, -0.15) is 0 Å². The second kappa shape index (κ2) is 5.40. The van der Waals surface area contributed by atoms with Crippen LogP contribution in [-0.2, 0) is 6.42 Å². The topological polar surface area (TPSA) is 51.8 Å². The van der Waals surface area contributed by atoms with Crippen molar-refractivity contribution in [1.29, 1.82) is 0 Å². The Bertz CT molecular complexity index is 597. The lowest BCUT2D eigenvalue weighted by atomic mass is 10.1. The number of halogens is 2. The highest BCUT2D eigenvalue weighted by Gasteiger charge is 2.10. The Balaban J connectivity index is 2.26. The predicted molar refractivity (Wildman–Crippen MR) is 68.5 cm³/mol. The first-order valence-electron chi connectivity index (χ1n) is 5.99. The van der Waals surface area contributed by atoms with Crippen molar-refractivity contribution in [2.24, 2.45) is 5.73 Å². The van der Waals surface area contributed by atoms with E-state index >= 15 is 0 Å². The van der Waals surface area contributed by atoms with Crippen LogP contribution in [0.25, 0.3) is 0 Å². The Labute approximate surface area is 110 Å². The van der Waals surface area contributed by atoms with Crippen LogP contribution in [0.5, 0.6) is 0 Å². The Hall–Kier alpha value is -1.88. The molecule has 100 valence electrons. The molecule has 0 saturated heterocycles. The predicted octanol–water partition coefficient (Wildman–Crippen LogP) is 2.67. The number of hydrogen-bond donors (Lipinski definition) is 1. The molecular formula is C14H15F2N3. The molecule has 5 heteroatoms. The van der Waals surface area contributed by atoms with Crippen molar-refractivity contribution in [2.75, 3.05) is 0 Å². The highest BCUT2D eigenvalue weighted by Crippen LogP contribution is 2.15. The van der Waals surface area contributed by atoms with Crippen LogP contribution in [-0.4, -0.2) is 9.97 Å². The largest absolute Gasteiger partial charge is 0.324 e. The molecule has 2 N–H and O–H groups in total.